The van der Waals surface area contributed by atoms with Crippen LogP contribution >= 0.6 is 0 Å². The minimum absolute atomic E-state index is 0.0986. The van der Waals surface area contributed by atoms with E-state index < -0.39 is 33.8 Å². The molecule has 0 aliphatic heterocycles. The number of ether oxygens (including phenoxy) is 1. The molecule has 160 valence electrons. The SMILES string of the molecule is CS(=O)(=O)c1ccc(-n2nc(C(F)(F)F)cc2-c2ccc(OC(F)(F)F)cc2)nc1. The third-order valence-corrected chi connectivity index (χ3v) is 4.85. The molecule has 0 atom stereocenters. The van der Waals surface area contributed by atoms with Gasteiger partial charge < -0.3 is 4.74 Å². The van der Waals surface area contributed by atoms with Crippen molar-refractivity contribution in [2.24, 2.45) is 0 Å². The fraction of sp³-hybridized carbons (Fsp3) is 0.176. The molecule has 0 amide bonds. The Labute approximate surface area is 165 Å². The Morgan fingerprint density at radius 1 is 0.967 bits per heavy atom. The first-order valence-corrected chi connectivity index (χ1v) is 9.83. The fourth-order valence-corrected chi connectivity index (χ4v) is 3.00. The topological polar surface area (TPSA) is 74.1 Å². The second kappa shape index (κ2) is 7.31. The standard InChI is InChI=1S/C17H11F6N3O3S/c1-30(27,28)12-6-7-15(24-9-12)26-13(8-14(25-26)16(18,19)20)10-2-4-11(5-3-10)29-17(21,22)23/h2-9H,1H3. The molecule has 0 aliphatic rings. The van der Waals surface area contributed by atoms with Crippen LogP contribution in [0.25, 0.3) is 17.1 Å². The summed E-state index contributed by atoms with van der Waals surface area (Å²) in [5.74, 6) is -0.674. The van der Waals surface area contributed by atoms with Gasteiger partial charge in [0.15, 0.2) is 21.3 Å². The molecule has 3 rings (SSSR count). The lowest BCUT2D eigenvalue weighted by molar-refractivity contribution is -0.274. The van der Waals surface area contributed by atoms with E-state index in [4.69, 9.17) is 0 Å². The van der Waals surface area contributed by atoms with Crippen molar-refractivity contribution in [1.29, 1.82) is 0 Å². The minimum Gasteiger partial charge on any atom is -0.406 e. The molecular weight excluding hydrogens is 440 g/mol. The van der Waals surface area contributed by atoms with Crippen LogP contribution in [0.3, 0.4) is 0 Å². The monoisotopic (exact) mass is 451 g/mol. The lowest BCUT2D eigenvalue weighted by Gasteiger charge is -2.10. The summed E-state index contributed by atoms with van der Waals surface area (Å²) in [4.78, 5) is 3.69. The van der Waals surface area contributed by atoms with Crippen molar-refractivity contribution >= 4 is 9.84 Å². The van der Waals surface area contributed by atoms with Gasteiger partial charge in [-0.2, -0.15) is 18.3 Å². The summed E-state index contributed by atoms with van der Waals surface area (Å²) in [5, 5.41) is 3.47. The summed E-state index contributed by atoms with van der Waals surface area (Å²) in [6, 6.07) is 7.14. The number of alkyl halides is 6. The average molecular weight is 451 g/mol. The maximum atomic E-state index is 13.2. The van der Waals surface area contributed by atoms with Gasteiger partial charge in [0.1, 0.15) is 5.75 Å². The summed E-state index contributed by atoms with van der Waals surface area (Å²) >= 11 is 0. The number of halogens is 6. The molecule has 0 N–H and O–H groups in total. The van der Waals surface area contributed by atoms with Crippen molar-refractivity contribution in [1.82, 2.24) is 14.8 Å². The van der Waals surface area contributed by atoms with Gasteiger partial charge in [-0.3, -0.25) is 0 Å². The molecule has 0 spiro atoms. The van der Waals surface area contributed by atoms with Crippen LogP contribution in [-0.4, -0.2) is 35.8 Å². The summed E-state index contributed by atoms with van der Waals surface area (Å²) in [6.07, 6.45) is -7.82. The number of rotatable bonds is 4. The van der Waals surface area contributed by atoms with Crippen LogP contribution in [0.2, 0.25) is 0 Å². The summed E-state index contributed by atoms with van der Waals surface area (Å²) in [7, 11) is -3.58. The van der Waals surface area contributed by atoms with Crippen LogP contribution in [0.5, 0.6) is 5.75 Å². The van der Waals surface area contributed by atoms with E-state index >= 15 is 0 Å². The quantitative estimate of drug-likeness (QED) is 0.555. The van der Waals surface area contributed by atoms with Crippen molar-refractivity contribution in [3.05, 3.63) is 54.4 Å². The van der Waals surface area contributed by atoms with E-state index in [2.05, 4.69) is 14.8 Å². The van der Waals surface area contributed by atoms with Crippen molar-refractivity contribution in [3.63, 3.8) is 0 Å². The van der Waals surface area contributed by atoms with Gasteiger partial charge in [0, 0.05) is 18.0 Å². The Kier molecular flexibility index (Phi) is 5.26. The Hall–Kier alpha value is -3.09. The Bertz CT molecular complexity index is 1150. The van der Waals surface area contributed by atoms with Gasteiger partial charge in [-0.15, -0.1) is 13.2 Å². The predicted octanol–water partition coefficient (Wildman–Crippen LogP) is 4.26. The van der Waals surface area contributed by atoms with Gasteiger partial charge >= 0.3 is 12.5 Å². The van der Waals surface area contributed by atoms with Gasteiger partial charge in [0.25, 0.3) is 0 Å². The molecule has 13 heteroatoms. The first-order valence-electron chi connectivity index (χ1n) is 7.94. The number of hydrogen-bond acceptors (Lipinski definition) is 5. The maximum Gasteiger partial charge on any atom is 0.573 e. The summed E-state index contributed by atoms with van der Waals surface area (Å²) in [5.41, 5.74) is -1.29. The van der Waals surface area contributed by atoms with Crippen molar-refractivity contribution in [3.8, 4) is 22.8 Å². The number of pyridine rings is 1. The largest absolute Gasteiger partial charge is 0.573 e. The molecule has 0 aliphatic carbocycles. The van der Waals surface area contributed by atoms with E-state index in [-0.39, 0.29) is 22.0 Å². The Balaban J connectivity index is 2.07. The zero-order chi connectivity index (χ0) is 22.3. The number of aromatic nitrogens is 3. The van der Waals surface area contributed by atoms with Gasteiger partial charge in [0.2, 0.25) is 0 Å². The Morgan fingerprint density at radius 3 is 2.07 bits per heavy atom. The normalized spacial score (nSPS) is 12.8. The summed E-state index contributed by atoms with van der Waals surface area (Å²) < 4.78 is 104. The molecule has 30 heavy (non-hydrogen) atoms. The smallest absolute Gasteiger partial charge is 0.406 e. The lowest BCUT2D eigenvalue weighted by Crippen LogP contribution is -2.16. The minimum atomic E-state index is -4.92. The second-order valence-corrected chi connectivity index (χ2v) is 8.04. The molecule has 1 aromatic carbocycles. The number of sulfone groups is 1. The molecule has 0 saturated carbocycles. The fourth-order valence-electron chi connectivity index (χ4n) is 2.44. The first kappa shape index (κ1) is 21.6. The molecule has 3 aromatic rings. The van der Waals surface area contributed by atoms with Crippen LogP contribution in [0, 0.1) is 0 Å². The van der Waals surface area contributed by atoms with Crippen LogP contribution < -0.4 is 4.74 Å². The third kappa shape index (κ3) is 4.90. The van der Waals surface area contributed by atoms with E-state index in [0.29, 0.717) is 6.07 Å². The van der Waals surface area contributed by atoms with E-state index in [9.17, 15) is 34.8 Å². The van der Waals surface area contributed by atoms with Crippen LogP contribution in [-0.2, 0) is 16.0 Å². The molecular formula is C17H11F6N3O3S. The lowest BCUT2D eigenvalue weighted by atomic mass is 10.1. The van der Waals surface area contributed by atoms with E-state index in [1.54, 1.807) is 0 Å². The first-order chi connectivity index (χ1) is 13.7. The van der Waals surface area contributed by atoms with Crippen LogP contribution in [0.1, 0.15) is 5.69 Å². The Morgan fingerprint density at radius 2 is 1.60 bits per heavy atom. The zero-order valence-corrected chi connectivity index (χ0v) is 15.7. The molecule has 2 heterocycles. The highest BCUT2D eigenvalue weighted by molar-refractivity contribution is 7.90. The third-order valence-electron chi connectivity index (χ3n) is 3.75. The highest BCUT2D eigenvalue weighted by Crippen LogP contribution is 2.34. The highest BCUT2D eigenvalue weighted by atomic mass is 32.2. The molecule has 2 aromatic heterocycles. The number of nitrogens with zero attached hydrogens (tertiary/aromatic N) is 3. The molecule has 0 saturated heterocycles. The molecule has 0 bridgehead atoms. The van der Waals surface area contributed by atoms with Crippen LogP contribution in [0.15, 0.2) is 53.6 Å². The molecule has 0 unspecified atom stereocenters. The molecule has 6 nitrogen and oxygen atoms in total. The van der Waals surface area contributed by atoms with Crippen molar-refractivity contribution in [2.75, 3.05) is 6.26 Å². The van der Waals surface area contributed by atoms with Gasteiger partial charge in [-0.05, 0) is 42.5 Å². The van der Waals surface area contributed by atoms with Crippen LogP contribution in [0.4, 0.5) is 26.3 Å². The highest BCUT2D eigenvalue weighted by Gasteiger charge is 2.35. The second-order valence-electron chi connectivity index (χ2n) is 6.02. The predicted molar refractivity (Wildman–Crippen MR) is 91.6 cm³/mol. The van der Waals surface area contributed by atoms with E-state index in [1.807, 2.05) is 0 Å². The van der Waals surface area contributed by atoms with Crippen molar-refractivity contribution in [2.45, 2.75) is 17.4 Å². The maximum absolute atomic E-state index is 13.2. The van der Waals surface area contributed by atoms with E-state index in [1.165, 1.54) is 0 Å². The molecule has 0 fully saturated rings. The average Bonchev–Trinajstić information content (AvgIpc) is 3.06. The van der Waals surface area contributed by atoms with Gasteiger partial charge in [0.05, 0.1) is 10.6 Å². The van der Waals surface area contributed by atoms with Gasteiger partial charge in [-0.1, -0.05) is 0 Å². The molecule has 0 radical (unpaired) electrons. The van der Waals surface area contributed by atoms with E-state index in [0.717, 1.165) is 53.5 Å². The van der Waals surface area contributed by atoms with Gasteiger partial charge in [-0.25, -0.2) is 18.1 Å². The number of hydrogen-bond donors (Lipinski definition) is 0. The number of benzene rings is 1. The summed E-state index contributed by atoms with van der Waals surface area (Å²) in [6.45, 7) is 0. The van der Waals surface area contributed by atoms with Crippen molar-refractivity contribution < 1.29 is 39.5 Å². The zero-order valence-electron chi connectivity index (χ0n) is 14.9.